The van der Waals surface area contributed by atoms with Crippen molar-refractivity contribution in [2.75, 3.05) is 11.8 Å². The van der Waals surface area contributed by atoms with Gasteiger partial charge in [0.25, 0.3) is 15.9 Å². The van der Waals surface area contributed by atoms with Crippen LogP contribution in [0.15, 0.2) is 29.2 Å². The number of rotatable bonds is 4. The highest BCUT2D eigenvalue weighted by Gasteiger charge is 2.22. The van der Waals surface area contributed by atoms with Crippen LogP contribution in [0.5, 0.6) is 0 Å². The fourth-order valence-corrected chi connectivity index (χ4v) is 4.57. The molecule has 2 aromatic rings. The molecule has 1 heterocycles. The van der Waals surface area contributed by atoms with Crippen LogP contribution in [0, 0.1) is 20.8 Å². The van der Waals surface area contributed by atoms with E-state index in [1.165, 1.54) is 13.1 Å². The van der Waals surface area contributed by atoms with Gasteiger partial charge in [0.05, 0.1) is 4.88 Å². The summed E-state index contributed by atoms with van der Waals surface area (Å²) in [7, 11) is -2.20. The third-order valence-electron chi connectivity index (χ3n) is 3.37. The Kier molecular flexibility index (Phi) is 4.58. The summed E-state index contributed by atoms with van der Waals surface area (Å²) < 4.78 is 27.6. The van der Waals surface area contributed by atoms with Gasteiger partial charge in [-0.05, 0) is 50.1 Å². The molecule has 1 amide bonds. The summed E-state index contributed by atoms with van der Waals surface area (Å²) in [4.78, 5) is 12.7. The van der Waals surface area contributed by atoms with Crippen molar-refractivity contribution in [2.24, 2.45) is 0 Å². The maximum atomic E-state index is 12.5. The molecule has 1 aromatic heterocycles. The third kappa shape index (κ3) is 3.31. The molecular weight excluding hydrogens is 320 g/mol. The second kappa shape index (κ2) is 6.10. The molecule has 2 N–H and O–H groups in total. The molecule has 0 fully saturated rings. The summed E-state index contributed by atoms with van der Waals surface area (Å²) in [6, 6.07) is 6.78. The van der Waals surface area contributed by atoms with Gasteiger partial charge >= 0.3 is 0 Å². The maximum absolute atomic E-state index is 12.5. The van der Waals surface area contributed by atoms with Crippen molar-refractivity contribution in [1.29, 1.82) is 0 Å². The van der Waals surface area contributed by atoms with Crippen molar-refractivity contribution in [3.05, 3.63) is 45.1 Å². The van der Waals surface area contributed by atoms with Crippen molar-refractivity contribution in [3.8, 4) is 0 Å². The first-order valence-corrected chi connectivity index (χ1v) is 8.97. The second-order valence-corrected chi connectivity index (χ2v) is 7.92. The highest BCUT2D eigenvalue weighted by atomic mass is 32.2. The number of hydrogen-bond donors (Lipinski definition) is 2. The van der Waals surface area contributed by atoms with Crippen LogP contribution in [-0.4, -0.2) is 21.4 Å². The van der Waals surface area contributed by atoms with Crippen LogP contribution >= 0.6 is 11.3 Å². The first-order chi connectivity index (χ1) is 10.2. The molecule has 2 rings (SSSR count). The van der Waals surface area contributed by atoms with E-state index in [1.54, 1.807) is 19.1 Å². The second-order valence-electron chi connectivity index (χ2n) is 5.01. The predicted octanol–water partition coefficient (Wildman–Crippen LogP) is 2.83. The number of thiophene rings is 1. The third-order valence-corrected chi connectivity index (χ3v) is 6.06. The number of anilines is 1. The lowest BCUT2D eigenvalue weighted by atomic mass is 10.1. The Hall–Kier alpha value is -1.86. The molecule has 0 aliphatic carbocycles. The molecule has 0 radical (unpaired) electrons. The van der Waals surface area contributed by atoms with E-state index in [0.29, 0.717) is 15.4 Å². The van der Waals surface area contributed by atoms with Crippen molar-refractivity contribution < 1.29 is 13.2 Å². The average Bonchev–Trinajstić information content (AvgIpc) is 2.84. The molecule has 0 atom stereocenters. The van der Waals surface area contributed by atoms with Gasteiger partial charge < -0.3 is 5.32 Å². The van der Waals surface area contributed by atoms with Gasteiger partial charge in [-0.15, -0.1) is 11.3 Å². The molecule has 0 spiro atoms. The lowest BCUT2D eigenvalue weighted by Gasteiger charge is -2.09. The fraction of sp³-hybridized carbons (Fsp3) is 0.267. The Bertz CT molecular complexity index is 823. The van der Waals surface area contributed by atoms with E-state index in [2.05, 4.69) is 10.0 Å². The van der Waals surface area contributed by atoms with Crippen LogP contribution < -0.4 is 10.0 Å². The zero-order valence-electron chi connectivity index (χ0n) is 12.9. The summed E-state index contributed by atoms with van der Waals surface area (Å²) in [5, 5.41) is 2.49. The van der Waals surface area contributed by atoms with Crippen LogP contribution in [0.2, 0.25) is 0 Å². The van der Waals surface area contributed by atoms with Gasteiger partial charge in [0.1, 0.15) is 4.90 Å². The molecule has 1 aromatic carbocycles. The molecule has 0 unspecified atom stereocenters. The summed E-state index contributed by atoms with van der Waals surface area (Å²) >= 11 is 1.16. The van der Waals surface area contributed by atoms with Crippen molar-refractivity contribution in [2.45, 2.75) is 25.7 Å². The quantitative estimate of drug-likeness (QED) is 0.900. The highest BCUT2D eigenvalue weighted by molar-refractivity contribution is 7.93. The number of benzene rings is 1. The van der Waals surface area contributed by atoms with Gasteiger partial charge in [-0.2, -0.15) is 0 Å². The number of aryl methyl sites for hydroxylation is 3. The highest BCUT2D eigenvalue weighted by Crippen LogP contribution is 2.27. The average molecular weight is 338 g/mol. The van der Waals surface area contributed by atoms with Gasteiger partial charge in [0.2, 0.25) is 0 Å². The first kappa shape index (κ1) is 16.5. The number of sulfonamides is 1. The minimum atomic E-state index is -3.71. The fourth-order valence-electron chi connectivity index (χ4n) is 1.98. The van der Waals surface area contributed by atoms with E-state index in [1.807, 2.05) is 19.9 Å². The SMILES string of the molecule is CNC(=O)c1cc(S(=O)(=O)Nc2ccc(C)c(C)c2)c(C)s1. The van der Waals surface area contributed by atoms with Crippen LogP contribution in [0.1, 0.15) is 25.7 Å². The monoisotopic (exact) mass is 338 g/mol. The van der Waals surface area contributed by atoms with E-state index in [9.17, 15) is 13.2 Å². The minimum absolute atomic E-state index is 0.134. The zero-order chi connectivity index (χ0) is 16.5. The smallest absolute Gasteiger partial charge is 0.263 e. The Morgan fingerprint density at radius 3 is 2.36 bits per heavy atom. The number of hydrogen-bond acceptors (Lipinski definition) is 4. The Labute approximate surface area is 134 Å². The summed E-state index contributed by atoms with van der Waals surface area (Å²) in [5.41, 5.74) is 2.61. The van der Waals surface area contributed by atoms with Gasteiger partial charge in [0.15, 0.2) is 0 Å². The minimum Gasteiger partial charge on any atom is -0.354 e. The molecule has 118 valence electrons. The standard InChI is InChI=1S/C15H18N2O3S2/c1-9-5-6-12(7-10(9)2)17-22(19,20)14-8-13(15(18)16-4)21-11(14)3/h5-8,17H,1-4H3,(H,16,18). The first-order valence-electron chi connectivity index (χ1n) is 6.67. The summed E-state index contributed by atoms with van der Waals surface area (Å²) in [6.45, 7) is 5.57. The molecule has 0 bridgehead atoms. The van der Waals surface area contributed by atoms with Gasteiger partial charge in [-0.3, -0.25) is 9.52 Å². The summed E-state index contributed by atoms with van der Waals surface area (Å²) in [6.07, 6.45) is 0. The predicted molar refractivity (Wildman–Crippen MR) is 89.2 cm³/mol. The topological polar surface area (TPSA) is 75.3 Å². The maximum Gasteiger partial charge on any atom is 0.263 e. The van der Waals surface area contributed by atoms with E-state index in [4.69, 9.17) is 0 Å². The number of carbonyl (C=O) groups excluding carboxylic acids is 1. The molecule has 5 nitrogen and oxygen atoms in total. The van der Waals surface area contributed by atoms with Crippen molar-refractivity contribution >= 4 is 33.0 Å². The number of carbonyl (C=O) groups is 1. The van der Waals surface area contributed by atoms with Crippen LogP contribution in [0.4, 0.5) is 5.69 Å². The molecule has 0 saturated carbocycles. The van der Waals surface area contributed by atoms with Gasteiger partial charge in [-0.25, -0.2) is 8.42 Å². The molecular formula is C15H18N2O3S2. The van der Waals surface area contributed by atoms with E-state index in [-0.39, 0.29) is 10.8 Å². The molecule has 7 heteroatoms. The van der Waals surface area contributed by atoms with E-state index < -0.39 is 10.0 Å². The summed E-state index contributed by atoms with van der Waals surface area (Å²) in [5.74, 6) is -0.291. The largest absolute Gasteiger partial charge is 0.354 e. The van der Waals surface area contributed by atoms with Gasteiger partial charge in [0, 0.05) is 17.6 Å². The molecule has 0 saturated heterocycles. The Morgan fingerprint density at radius 2 is 1.77 bits per heavy atom. The molecule has 22 heavy (non-hydrogen) atoms. The number of amides is 1. The van der Waals surface area contributed by atoms with E-state index >= 15 is 0 Å². The normalized spacial score (nSPS) is 11.3. The Balaban J connectivity index is 2.36. The van der Waals surface area contributed by atoms with Crippen molar-refractivity contribution in [3.63, 3.8) is 0 Å². The van der Waals surface area contributed by atoms with Crippen molar-refractivity contribution in [1.82, 2.24) is 5.32 Å². The Morgan fingerprint density at radius 1 is 1.09 bits per heavy atom. The molecule has 0 aliphatic heterocycles. The lowest BCUT2D eigenvalue weighted by Crippen LogP contribution is -2.16. The van der Waals surface area contributed by atoms with E-state index in [0.717, 1.165) is 22.5 Å². The number of nitrogens with one attached hydrogen (secondary N) is 2. The van der Waals surface area contributed by atoms with Crippen LogP contribution in [0.3, 0.4) is 0 Å². The van der Waals surface area contributed by atoms with Crippen LogP contribution in [0.25, 0.3) is 0 Å². The van der Waals surface area contributed by atoms with Crippen LogP contribution in [-0.2, 0) is 10.0 Å². The van der Waals surface area contributed by atoms with Gasteiger partial charge in [-0.1, -0.05) is 6.07 Å². The lowest BCUT2D eigenvalue weighted by molar-refractivity contribution is 0.0967. The molecule has 0 aliphatic rings. The zero-order valence-corrected chi connectivity index (χ0v) is 14.5.